The number of carbonyl (C=O) groups excluding carboxylic acids is 1. The average Bonchev–Trinajstić information content (AvgIpc) is 2.91. The number of carbonyl (C=O) groups is 1. The molecule has 0 aliphatic carbocycles. The van der Waals surface area contributed by atoms with Crippen molar-refractivity contribution in [3.8, 4) is 11.3 Å². The molecule has 0 atom stereocenters. The maximum absolute atomic E-state index is 12.5. The maximum atomic E-state index is 12.5. The Morgan fingerprint density at radius 2 is 1.92 bits per heavy atom. The topological polar surface area (TPSA) is 95.0 Å². The summed E-state index contributed by atoms with van der Waals surface area (Å²) in [5, 5.41) is 10.9. The van der Waals surface area contributed by atoms with E-state index in [2.05, 4.69) is 0 Å². The van der Waals surface area contributed by atoms with Crippen molar-refractivity contribution in [2.75, 3.05) is 5.73 Å². The van der Waals surface area contributed by atoms with E-state index in [0.29, 0.717) is 5.95 Å². The summed E-state index contributed by atoms with van der Waals surface area (Å²) in [5.74, 6) is 0.186. The minimum absolute atomic E-state index is 0.00665. The van der Waals surface area contributed by atoms with E-state index in [4.69, 9.17) is 5.73 Å². The number of ketones is 1. The van der Waals surface area contributed by atoms with E-state index < -0.39 is 4.92 Å². The fraction of sp³-hybridized carbons (Fsp3) is 0.158. The molecule has 7 nitrogen and oxygen atoms in total. The number of nitro groups is 1. The van der Waals surface area contributed by atoms with Crippen molar-refractivity contribution in [2.24, 2.45) is 7.05 Å². The van der Waals surface area contributed by atoms with E-state index in [9.17, 15) is 14.9 Å². The number of aromatic nitrogens is 2. The molecule has 26 heavy (non-hydrogen) atoms. The Kier molecular flexibility index (Phi) is 4.53. The zero-order valence-corrected chi connectivity index (χ0v) is 14.5. The molecule has 1 aromatic heterocycles. The van der Waals surface area contributed by atoms with Crippen molar-refractivity contribution in [1.82, 2.24) is 4.57 Å². The molecule has 0 saturated carbocycles. The predicted octanol–water partition coefficient (Wildman–Crippen LogP) is 2.66. The number of non-ortho nitro benzene ring substituents is 1. The molecular formula is C19H19N4O3+. The van der Waals surface area contributed by atoms with Gasteiger partial charge in [-0.2, -0.15) is 0 Å². The number of benzene rings is 2. The van der Waals surface area contributed by atoms with Crippen LogP contribution >= 0.6 is 0 Å². The molecule has 2 N–H and O–H groups in total. The molecule has 132 valence electrons. The van der Waals surface area contributed by atoms with Crippen molar-refractivity contribution in [2.45, 2.75) is 13.5 Å². The Morgan fingerprint density at radius 3 is 2.58 bits per heavy atom. The van der Waals surface area contributed by atoms with Crippen LogP contribution in [0.15, 0.2) is 54.7 Å². The summed E-state index contributed by atoms with van der Waals surface area (Å²) in [5.41, 5.74) is 9.35. The number of nitrogen functional groups attached to an aromatic ring is 1. The number of nitrogens with zero attached hydrogens (tertiary/aromatic N) is 3. The molecule has 2 aromatic carbocycles. The first kappa shape index (κ1) is 17.3. The molecule has 0 fully saturated rings. The number of Topliss-reactive ketones (excluding diaryl/α,β-unsaturated/α-hetero) is 1. The normalized spacial score (nSPS) is 10.7. The Bertz CT molecular complexity index is 991. The lowest BCUT2D eigenvalue weighted by Gasteiger charge is -2.00. The smallest absolute Gasteiger partial charge is 0.291 e. The maximum Gasteiger partial charge on any atom is 0.355 e. The van der Waals surface area contributed by atoms with Gasteiger partial charge in [0.15, 0.2) is 5.78 Å². The van der Waals surface area contributed by atoms with E-state index in [1.54, 1.807) is 10.6 Å². The van der Waals surface area contributed by atoms with Crippen molar-refractivity contribution in [3.63, 3.8) is 0 Å². The van der Waals surface area contributed by atoms with Crippen molar-refractivity contribution in [3.05, 3.63) is 76.0 Å². The molecular weight excluding hydrogens is 332 g/mol. The second-order valence-electron chi connectivity index (χ2n) is 6.16. The number of rotatable bonds is 5. The molecule has 0 spiro atoms. The van der Waals surface area contributed by atoms with Gasteiger partial charge in [0, 0.05) is 23.3 Å². The zero-order valence-electron chi connectivity index (χ0n) is 14.5. The lowest BCUT2D eigenvalue weighted by Crippen LogP contribution is -2.39. The second kappa shape index (κ2) is 6.79. The molecule has 0 aliphatic heterocycles. The molecule has 0 aliphatic rings. The number of nitrogens with two attached hydrogens (primary N) is 1. The van der Waals surface area contributed by atoms with E-state index >= 15 is 0 Å². The fourth-order valence-corrected chi connectivity index (χ4v) is 2.77. The van der Waals surface area contributed by atoms with Crippen LogP contribution in [0.5, 0.6) is 0 Å². The van der Waals surface area contributed by atoms with Gasteiger partial charge in [0.2, 0.25) is 0 Å². The summed E-state index contributed by atoms with van der Waals surface area (Å²) in [6.07, 6.45) is 1.81. The Morgan fingerprint density at radius 1 is 1.23 bits per heavy atom. The lowest BCUT2D eigenvalue weighted by atomic mass is 10.1. The van der Waals surface area contributed by atoms with Crippen LogP contribution in [0.1, 0.15) is 15.9 Å². The third-order valence-electron chi connectivity index (χ3n) is 4.32. The number of hydrogen-bond acceptors (Lipinski definition) is 4. The van der Waals surface area contributed by atoms with Gasteiger partial charge in [-0.15, -0.1) is 0 Å². The van der Waals surface area contributed by atoms with Crippen LogP contribution < -0.4 is 10.3 Å². The number of anilines is 1. The first-order valence-electron chi connectivity index (χ1n) is 8.06. The molecule has 1 heterocycles. The van der Waals surface area contributed by atoms with Gasteiger partial charge in [-0.25, -0.2) is 9.13 Å². The van der Waals surface area contributed by atoms with Crippen LogP contribution in [-0.2, 0) is 13.6 Å². The van der Waals surface area contributed by atoms with Gasteiger partial charge in [0.05, 0.1) is 12.0 Å². The van der Waals surface area contributed by atoms with Gasteiger partial charge < -0.3 is 0 Å². The fourth-order valence-electron chi connectivity index (χ4n) is 2.77. The van der Waals surface area contributed by atoms with E-state index in [0.717, 1.165) is 16.8 Å². The Balaban J connectivity index is 1.90. The van der Waals surface area contributed by atoms with Crippen molar-refractivity contribution < 1.29 is 14.3 Å². The summed E-state index contributed by atoms with van der Waals surface area (Å²) in [7, 11) is 1.83. The number of imidazole rings is 1. The van der Waals surface area contributed by atoms with Gasteiger partial charge in [0.25, 0.3) is 5.69 Å². The molecule has 0 saturated heterocycles. The van der Waals surface area contributed by atoms with Crippen LogP contribution in [0.4, 0.5) is 11.6 Å². The van der Waals surface area contributed by atoms with Crippen LogP contribution in [0.25, 0.3) is 11.3 Å². The van der Waals surface area contributed by atoms with E-state index in [1.807, 2.05) is 49.0 Å². The number of aryl methyl sites for hydroxylation is 1. The van der Waals surface area contributed by atoms with Gasteiger partial charge in [0.1, 0.15) is 18.4 Å². The zero-order chi connectivity index (χ0) is 18.8. The number of nitro benzene ring substituents is 1. The molecule has 0 amide bonds. The van der Waals surface area contributed by atoms with Gasteiger partial charge in [-0.05, 0) is 6.92 Å². The highest BCUT2D eigenvalue weighted by atomic mass is 16.6. The van der Waals surface area contributed by atoms with E-state index in [-0.39, 0.29) is 23.6 Å². The highest BCUT2D eigenvalue weighted by molar-refractivity contribution is 5.95. The predicted molar refractivity (Wildman–Crippen MR) is 97.6 cm³/mol. The summed E-state index contributed by atoms with van der Waals surface area (Å²) >= 11 is 0. The number of hydrogen-bond donors (Lipinski definition) is 1. The summed E-state index contributed by atoms with van der Waals surface area (Å²) in [6, 6.07) is 13.7. The van der Waals surface area contributed by atoms with Gasteiger partial charge in [-0.3, -0.25) is 20.6 Å². The monoisotopic (exact) mass is 351 g/mol. The van der Waals surface area contributed by atoms with Crippen LogP contribution in [0, 0.1) is 17.0 Å². The molecule has 0 radical (unpaired) electrons. The van der Waals surface area contributed by atoms with Gasteiger partial charge >= 0.3 is 5.95 Å². The highest BCUT2D eigenvalue weighted by Crippen LogP contribution is 2.20. The third kappa shape index (κ3) is 3.32. The summed E-state index contributed by atoms with van der Waals surface area (Å²) < 4.78 is 3.46. The van der Waals surface area contributed by atoms with Crippen LogP contribution in [0.2, 0.25) is 0 Å². The molecule has 3 aromatic rings. The summed E-state index contributed by atoms with van der Waals surface area (Å²) in [4.78, 5) is 22.9. The van der Waals surface area contributed by atoms with Crippen molar-refractivity contribution in [1.29, 1.82) is 0 Å². The standard InChI is InChI=1S/C19H18N4O3/c1-13-6-8-14(9-7-13)17-11-22(19(20)21(17)2)12-18(24)15-4-3-5-16(10-15)23(25)26/h3-11,20H,12H2,1-2H3/p+1. The lowest BCUT2D eigenvalue weighted by molar-refractivity contribution is -0.667. The molecule has 7 heteroatoms. The molecule has 3 rings (SSSR count). The largest absolute Gasteiger partial charge is 0.355 e. The highest BCUT2D eigenvalue weighted by Gasteiger charge is 2.21. The third-order valence-corrected chi connectivity index (χ3v) is 4.32. The minimum atomic E-state index is -0.518. The quantitative estimate of drug-likeness (QED) is 0.331. The second-order valence-corrected chi connectivity index (χ2v) is 6.16. The van der Waals surface area contributed by atoms with Crippen LogP contribution in [-0.4, -0.2) is 15.3 Å². The van der Waals surface area contributed by atoms with Gasteiger partial charge in [-0.1, -0.05) is 42.0 Å². The summed E-state index contributed by atoms with van der Waals surface area (Å²) in [6.45, 7) is 2.02. The molecule has 0 bridgehead atoms. The Hall–Kier alpha value is -3.48. The first-order chi connectivity index (χ1) is 12.4. The SMILES string of the molecule is Cc1ccc(-c2c[n+](CC(=O)c3cccc([N+](=O)[O-])c3)c(N)n2C)cc1. The first-order valence-corrected chi connectivity index (χ1v) is 8.06. The van der Waals surface area contributed by atoms with Crippen molar-refractivity contribution >= 4 is 17.4 Å². The average molecular weight is 351 g/mol. The van der Waals surface area contributed by atoms with Crippen LogP contribution in [0.3, 0.4) is 0 Å². The Labute approximate surface area is 150 Å². The van der Waals surface area contributed by atoms with E-state index in [1.165, 1.54) is 18.2 Å². The minimum Gasteiger partial charge on any atom is -0.291 e. The molecule has 0 unspecified atom stereocenters.